The molecule has 25 heavy (non-hydrogen) atoms. The number of hydrogen-bond acceptors (Lipinski definition) is 5. The van der Waals surface area contributed by atoms with Crippen molar-refractivity contribution in [1.82, 2.24) is 9.88 Å². The Labute approximate surface area is 153 Å². The van der Waals surface area contributed by atoms with Crippen LogP contribution in [0.2, 0.25) is 0 Å². The molecule has 2 aromatic heterocycles. The van der Waals surface area contributed by atoms with Crippen molar-refractivity contribution in [2.45, 2.75) is 38.5 Å². The monoisotopic (exact) mass is 358 g/mol. The fourth-order valence-electron chi connectivity index (χ4n) is 4.21. The molecule has 2 fully saturated rings. The highest BCUT2D eigenvalue weighted by molar-refractivity contribution is 7.07. The number of fused-ring (bicyclic) bond motifs is 1. The van der Waals surface area contributed by atoms with Crippen molar-refractivity contribution < 1.29 is 9.47 Å². The molecule has 134 valence electrons. The molecule has 4 nitrogen and oxygen atoms in total. The maximum atomic E-state index is 6.15. The highest BCUT2D eigenvalue weighted by Crippen LogP contribution is 2.41. The molecule has 4 rings (SSSR count). The summed E-state index contributed by atoms with van der Waals surface area (Å²) in [7, 11) is 0. The number of nitrogens with zero attached hydrogens (tertiary/aromatic N) is 2. The van der Waals surface area contributed by atoms with Crippen LogP contribution in [-0.4, -0.2) is 42.3 Å². The maximum Gasteiger partial charge on any atom is 0.0888 e. The minimum atomic E-state index is 0.126. The summed E-state index contributed by atoms with van der Waals surface area (Å²) in [6.07, 6.45) is 5.60. The van der Waals surface area contributed by atoms with Crippen LogP contribution in [-0.2, 0) is 22.6 Å². The molecule has 0 aliphatic carbocycles. The van der Waals surface area contributed by atoms with Gasteiger partial charge in [0.15, 0.2) is 0 Å². The van der Waals surface area contributed by atoms with E-state index in [9.17, 15) is 0 Å². The van der Waals surface area contributed by atoms with Gasteiger partial charge in [-0.25, -0.2) is 0 Å². The fourth-order valence-corrected chi connectivity index (χ4v) is 4.87. The minimum Gasteiger partial charge on any atom is -0.377 e. The van der Waals surface area contributed by atoms with Crippen LogP contribution in [0.4, 0.5) is 0 Å². The third-order valence-electron chi connectivity index (χ3n) is 5.42. The molecule has 0 aromatic carbocycles. The van der Waals surface area contributed by atoms with E-state index in [1.165, 1.54) is 12.0 Å². The molecule has 0 saturated carbocycles. The second-order valence-electron chi connectivity index (χ2n) is 7.27. The number of pyridine rings is 1. The average Bonchev–Trinajstić information content (AvgIpc) is 3.15. The Bertz CT molecular complexity index is 649. The lowest BCUT2D eigenvalue weighted by atomic mass is 9.73. The van der Waals surface area contributed by atoms with Crippen molar-refractivity contribution in [3.8, 4) is 0 Å². The summed E-state index contributed by atoms with van der Waals surface area (Å²) in [5.74, 6) is 0. The summed E-state index contributed by atoms with van der Waals surface area (Å²) in [5.41, 5.74) is 2.55. The van der Waals surface area contributed by atoms with Crippen molar-refractivity contribution >= 4 is 11.3 Å². The molecule has 2 aliphatic rings. The molecule has 0 spiro atoms. The SMILES string of the molecule is c1ccc(COC[C@@]23CCCO[C@@H]2CCN(Cc2ccsc2)C3)nc1. The number of thiophene rings is 1. The van der Waals surface area contributed by atoms with Crippen LogP contribution in [0.3, 0.4) is 0 Å². The van der Waals surface area contributed by atoms with Gasteiger partial charge in [0, 0.05) is 37.9 Å². The van der Waals surface area contributed by atoms with Crippen LogP contribution in [0.15, 0.2) is 41.2 Å². The van der Waals surface area contributed by atoms with Gasteiger partial charge in [-0.2, -0.15) is 11.3 Å². The normalized spacial score (nSPS) is 27.1. The van der Waals surface area contributed by atoms with Crippen molar-refractivity contribution in [3.05, 3.63) is 52.5 Å². The van der Waals surface area contributed by atoms with Crippen molar-refractivity contribution in [3.63, 3.8) is 0 Å². The lowest BCUT2D eigenvalue weighted by molar-refractivity contribution is -0.156. The van der Waals surface area contributed by atoms with Gasteiger partial charge < -0.3 is 9.47 Å². The van der Waals surface area contributed by atoms with Gasteiger partial charge in [-0.15, -0.1) is 0 Å². The first-order valence-corrected chi connectivity index (χ1v) is 10.1. The summed E-state index contributed by atoms with van der Waals surface area (Å²) in [6, 6.07) is 8.21. The number of hydrogen-bond donors (Lipinski definition) is 0. The molecule has 2 aromatic rings. The lowest BCUT2D eigenvalue weighted by Gasteiger charge is -2.50. The van der Waals surface area contributed by atoms with Gasteiger partial charge in [-0.1, -0.05) is 6.07 Å². The Morgan fingerprint density at radius 3 is 3.20 bits per heavy atom. The van der Waals surface area contributed by atoms with Crippen molar-refractivity contribution in [1.29, 1.82) is 0 Å². The minimum absolute atomic E-state index is 0.126. The number of piperidine rings is 1. The average molecular weight is 359 g/mol. The summed E-state index contributed by atoms with van der Waals surface area (Å²) >= 11 is 1.78. The first-order chi connectivity index (χ1) is 12.3. The predicted molar refractivity (Wildman–Crippen MR) is 99.5 cm³/mol. The van der Waals surface area contributed by atoms with Gasteiger partial charge in [0.05, 0.1) is 25.0 Å². The summed E-state index contributed by atoms with van der Waals surface area (Å²) in [5, 5.41) is 4.42. The Morgan fingerprint density at radius 1 is 1.36 bits per heavy atom. The largest absolute Gasteiger partial charge is 0.377 e. The highest BCUT2D eigenvalue weighted by Gasteiger charge is 2.46. The van der Waals surface area contributed by atoms with E-state index in [0.717, 1.165) is 51.4 Å². The molecule has 5 heteroatoms. The Morgan fingerprint density at radius 2 is 2.36 bits per heavy atom. The number of ether oxygens (including phenoxy) is 2. The first-order valence-electron chi connectivity index (χ1n) is 9.17. The van der Waals surface area contributed by atoms with E-state index in [1.807, 2.05) is 24.4 Å². The molecule has 0 unspecified atom stereocenters. The topological polar surface area (TPSA) is 34.6 Å². The van der Waals surface area contributed by atoms with Crippen LogP contribution in [0, 0.1) is 5.41 Å². The number of rotatable bonds is 6. The third kappa shape index (κ3) is 4.11. The Balaban J connectivity index is 1.40. The Hall–Kier alpha value is -1.27. The molecular weight excluding hydrogens is 332 g/mol. The second kappa shape index (κ2) is 7.96. The van der Waals surface area contributed by atoms with Crippen LogP contribution in [0.25, 0.3) is 0 Å². The quantitative estimate of drug-likeness (QED) is 0.788. The van der Waals surface area contributed by atoms with Crippen LogP contribution >= 0.6 is 11.3 Å². The molecule has 0 radical (unpaired) electrons. The lowest BCUT2D eigenvalue weighted by Crippen LogP contribution is -2.56. The van der Waals surface area contributed by atoms with Gasteiger partial charge >= 0.3 is 0 Å². The molecule has 2 aliphatic heterocycles. The molecule has 0 N–H and O–H groups in total. The molecule has 0 amide bonds. The van der Waals surface area contributed by atoms with Crippen molar-refractivity contribution in [2.75, 3.05) is 26.3 Å². The molecule has 4 heterocycles. The maximum absolute atomic E-state index is 6.15. The third-order valence-corrected chi connectivity index (χ3v) is 6.15. The summed E-state index contributed by atoms with van der Waals surface area (Å²) in [4.78, 5) is 6.94. The van der Waals surface area contributed by atoms with Gasteiger partial charge in [0.1, 0.15) is 0 Å². The fraction of sp³-hybridized carbons (Fsp3) is 0.550. The molecule has 2 saturated heterocycles. The molecular formula is C20H26N2O2S. The zero-order valence-electron chi connectivity index (χ0n) is 14.6. The molecule has 2 atom stereocenters. The van der Waals surface area contributed by atoms with Gasteiger partial charge in [-0.3, -0.25) is 9.88 Å². The summed E-state index contributed by atoms with van der Waals surface area (Å²) in [6.45, 7) is 5.46. The first kappa shape index (κ1) is 17.2. The number of aromatic nitrogens is 1. The van der Waals surface area contributed by atoms with Gasteiger partial charge in [0.25, 0.3) is 0 Å². The van der Waals surface area contributed by atoms with E-state index < -0.39 is 0 Å². The highest BCUT2D eigenvalue weighted by atomic mass is 32.1. The van der Waals surface area contributed by atoms with E-state index in [-0.39, 0.29) is 5.41 Å². The standard InChI is InChI=1S/C20H26N2O2S/c1-2-8-21-18(4-1)13-23-16-20-7-3-10-24-19(20)5-9-22(15-20)12-17-6-11-25-14-17/h1-2,4,6,8,11,14,19H,3,5,7,9-10,12-13,15-16H2/t19-,20+/m1/s1. The number of likely N-dealkylation sites (tertiary alicyclic amines) is 1. The molecule has 0 bridgehead atoms. The van der Waals surface area contributed by atoms with Crippen molar-refractivity contribution in [2.24, 2.45) is 5.41 Å². The second-order valence-corrected chi connectivity index (χ2v) is 8.05. The van der Waals surface area contributed by atoms with Gasteiger partial charge in [0.2, 0.25) is 0 Å². The zero-order chi connectivity index (χ0) is 17.0. The van der Waals surface area contributed by atoms with E-state index in [1.54, 1.807) is 11.3 Å². The van der Waals surface area contributed by atoms with Gasteiger partial charge in [-0.05, 0) is 53.8 Å². The Kier molecular flexibility index (Phi) is 5.46. The van der Waals surface area contributed by atoms with E-state index in [4.69, 9.17) is 9.47 Å². The van der Waals surface area contributed by atoms with E-state index in [2.05, 4.69) is 26.7 Å². The van der Waals surface area contributed by atoms with Crippen LogP contribution in [0.1, 0.15) is 30.5 Å². The van der Waals surface area contributed by atoms with Crippen LogP contribution in [0.5, 0.6) is 0 Å². The smallest absolute Gasteiger partial charge is 0.0888 e. The summed E-state index contributed by atoms with van der Waals surface area (Å²) < 4.78 is 12.3. The van der Waals surface area contributed by atoms with E-state index in [0.29, 0.717) is 12.7 Å². The van der Waals surface area contributed by atoms with Crippen LogP contribution < -0.4 is 0 Å². The zero-order valence-corrected chi connectivity index (χ0v) is 15.4. The van der Waals surface area contributed by atoms with E-state index >= 15 is 0 Å². The predicted octanol–water partition coefficient (Wildman–Crippen LogP) is 3.73.